The summed E-state index contributed by atoms with van der Waals surface area (Å²) < 4.78 is 6.82. The van der Waals surface area contributed by atoms with Crippen molar-refractivity contribution in [2.75, 3.05) is 17.3 Å². The van der Waals surface area contributed by atoms with Crippen LogP contribution in [0.5, 0.6) is 0 Å². The van der Waals surface area contributed by atoms with Gasteiger partial charge in [0.1, 0.15) is 0 Å². The first-order valence-corrected chi connectivity index (χ1v) is 10.3. The third-order valence-electron chi connectivity index (χ3n) is 5.21. The quantitative estimate of drug-likeness (QED) is 0.455. The molecular formula is C25H25N3O3. The maximum atomic E-state index is 12.6. The lowest BCUT2D eigenvalue weighted by Gasteiger charge is -2.23. The number of aromatic nitrogens is 1. The van der Waals surface area contributed by atoms with Crippen LogP contribution >= 0.6 is 0 Å². The molecule has 0 radical (unpaired) electrons. The molecule has 1 heterocycles. The van der Waals surface area contributed by atoms with Crippen molar-refractivity contribution in [3.05, 3.63) is 95.0 Å². The van der Waals surface area contributed by atoms with E-state index in [1.54, 1.807) is 10.6 Å². The van der Waals surface area contributed by atoms with Crippen molar-refractivity contribution < 1.29 is 9.21 Å². The highest BCUT2D eigenvalue weighted by Gasteiger charge is 2.12. The lowest BCUT2D eigenvalue weighted by molar-refractivity contribution is -0.116. The number of hydrogen-bond acceptors (Lipinski definition) is 4. The fourth-order valence-electron chi connectivity index (χ4n) is 3.69. The van der Waals surface area contributed by atoms with Gasteiger partial charge < -0.3 is 14.6 Å². The van der Waals surface area contributed by atoms with E-state index in [0.29, 0.717) is 25.0 Å². The van der Waals surface area contributed by atoms with Crippen LogP contribution in [0.25, 0.3) is 11.1 Å². The van der Waals surface area contributed by atoms with E-state index >= 15 is 0 Å². The second kappa shape index (κ2) is 9.34. The number of hydrogen-bond donors (Lipinski definition) is 1. The van der Waals surface area contributed by atoms with Crippen LogP contribution in [0.3, 0.4) is 0 Å². The molecule has 1 aromatic heterocycles. The van der Waals surface area contributed by atoms with Gasteiger partial charge in [0.25, 0.3) is 0 Å². The van der Waals surface area contributed by atoms with E-state index in [9.17, 15) is 9.59 Å². The fraction of sp³-hybridized carbons (Fsp3) is 0.200. The van der Waals surface area contributed by atoms with Gasteiger partial charge in [-0.25, -0.2) is 4.79 Å². The molecule has 0 aliphatic carbocycles. The van der Waals surface area contributed by atoms with E-state index < -0.39 is 5.76 Å². The van der Waals surface area contributed by atoms with Gasteiger partial charge >= 0.3 is 5.76 Å². The number of nitrogens with zero attached hydrogens (tertiary/aromatic N) is 2. The highest BCUT2D eigenvalue weighted by atomic mass is 16.4. The smallest absolute Gasteiger partial charge is 0.408 e. The SMILES string of the molecule is CN(Cc1ccccc1)c1ccccc1NC(=O)CCCn1c(=O)oc2ccccc21. The highest BCUT2D eigenvalue weighted by molar-refractivity contribution is 5.94. The minimum atomic E-state index is -0.394. The highest BCUT2D eigenvalue weighted by Crippen LogP contribution is 2.26. The van der Waals surface area contributed by atoms with Crippen LogP contribution in [0.1, 0.15) is 18.4 Å². The van der Waals surface area contributed by atoms with Crippen LogP contribution in [-0.4, -0.2) is 17.5 Å². The van der Waals surface area contributed by atoms with E-state index in [1.165, 1.54) is 5.56 Å². The van der Waals surface area contributed by atoms with Crippen molar-refractivity contribution >= 4 is 28.4 Å². The number of amides is 1. The van der Waals surface area contributed by atoms with Crippen LogP contribution < -0.4 is 16.0 Å². The third kappa shape index (κ3) is 4.86. The third-order valence-corrected chi connectivity index (χ3v) is 5.21. The van der Waals surface area contributed by atoms with Crippen molar-refractivity contribution in [3.8, 4) is 0 Å². The van der Waals surface area contributed by atoms with Gasteiger partial charge in [0.15, 0.2) is 5.58 Å². The predicted molar refractivity (Wildman–Crippen MR) is 123 cm³/mol. The summed E-state index contributed by atoms with van der Waals surface area (Å²) in [5.41, 5.74) is 4.24. The minimum absolute atomic E-state index is 0.0820. The lowest BCUT2D eigenvalue weighted by atomic mass is 10.2. The van der Waals surface area contributed by atoms with Crippen molar-refractivity contribution in [3.63, 3.8) is 0 Å². The van der Waals surface area contributed by atoms with E-state index in [-0.39, 0.29) is 5.91 Å². The summed E-state index contributed by atoms with van der Waals surface area (Å²) in [4.78, 5) is 26.8. The number of benzene rings is 3. The van der Waals surface area contributed by atoms with Crippen LogP contribution in [-0.2, 0) is 17.9 Å². The average molecular weight is 415 g/mol. The molecule has 0 atom stereocenters. The van der Waals surface area contributed by atoms with E-state index in [1.807, 2.05) is 67.7 Å². The maximum absolute atomic E-state index is 12.6. The molecule has 0 fully saturated rings. The summed E-state index contributed by atoms with van der Waals surface area (Å²) in [7, 11) is 2.01. The van der Waals surface area contributed by atoms with Gasteiger partial charge in [0.2, 0.25) is 5.91 Å². The zero-order valence-electron chi connectivity index (χ0n) is 17.5. The minimum Gasteiger partial charge on any atom is -0.408 e. The number of oxazole rings is 1. The molecule has 158 valence electrons. The standard InChI is InChI=1S/C25H25N3O3/c1-27(18-19-10-3-2-4-11-19)21-13-6-5-12-20(21)26-24(29)16-9-17-28-22-14-7-8-15-23(22)31-25(28)30/h2-8,10-15H,9,16-18H2,1H3,(H,26,29). The van der Waals surface area contributed by atoms with E-state index in [4.69, 9.17) is 4.42 Å². The van der Waals surface area contributed by atoms with Crippen molar-refractivity contribution in [2.24, 2.45) is 0 Å². The second-order valence-electron chi connectivity index (χ2n) is 7.50. The van der Waals surface area contributed by atoms with Crippen LogP contribution in [0.2, 0.25) is 0 Å². The Balaban J connectivity index is 1.37. The first-order valence-electron chi connectivity index (χ1n) is 10.3. The summed E-state index contributed by atoms with van der Waals surface area (Å²) in [5, 5.41) is 3.02. The van der Waals surface area contributed by atoms with Gasteiger partial charge in [0.05, 0.1) is 16.9 Å². The molecule has 0 saturated heterocycles. The van der Waals surface area contributed by atoms with Crippen molar-refractivity contribution in [1.29, 1.82) is 0 Å². The monoisotopic (exact) mass is 415 g/mol. The topological polar surface area (TPSA) is 67.5 Å². The normalized spacial score (nSPS) is 10.9. The molecular weight excluding hydrogens is 390 g/mol. The van der Waals surface area contributed by atoms with Gasteiger partial charge in [-0.15, -0.1) is 0 Å². The number of carbonyl (C=O) groups excluding carboxylic acids is 1. The Kier molecular flexibility index (Phi) is 6.17. The largest absolute Gasteiger partial charge is 0.419 e. The van der Waals surface area contributed by atoms with Gasteiger partial charge in [-0.05, 0) is 36.2 Å². The van der Waals surface area contributed by atoms with Crippen LogP contribution in [0.15, 0.2) is 88.1 Å². The molecule has 6 nitrogen and oxygen atoms in total. The molecule has 4 rings (SSSR count). The molecule has 3 aromatic carbocycles. The molecule has 0 aliphatic heterocycles. The molecule has 0 aliphatic rings. The number of aryl methyl sites for hydroxylation is 1. The van der Waals surface area contributed by atoms with Crippen molar-refractivity contribution in [1.82, 2.24) is 4.57 Å². The molecule has 4 aromatic rings. The summed E-state index contributed by atoms with van der Waals surface area (Å²) in [5.74, 6) is -0.476. The van der Waals surface area contributed by atoms with Gasteiger partial charge in [-0.3, -0.25) is 9.36 Å². The first-order chi connectivity index (χ1) is 15.1. The Labute approximate surface area is 180 Å². The predicted octanol–water partition coefficient (Wildman–Crippen LogP) is 4.65. The average Bonchev–Trinajstić information content (AvgIpc) is 3.10. The number of fused-ring (bicyclic) bond motifs is 1. The Morgan fingerprint density at radius 1 is 0.968 bits per heavy atom. The molecule has 31 heavy (non-hydrogen) atoms. The maximum Gasteiger partial charge on any atom is 0.419 e. The Hall–Kier alpha value is -3.80. The van der Waals surface area contributed by atoms with Gasteiger partial charge in [-0.2, -0.15) is 0 Å². The molecule has 1 amide bonds. The lowest BCUT2D eigenvalue weighted by Crippen LogP contribution is -2.20. The van der Waals surface area contributed by atoms with Crippen LogP contribution in [0.4, 0.5) is 11.4 Å². The number of anilines is 2. The molecule has 0 bridgehead atoms. The number of nitrogens with one attached hydrogen (secondary N) is 1. The summed E-state index contributed by atoms with van der Waals surface area (Å²) in [6.45, 7) is 1.17. The summed E-state index contributed by atoms with van der Waals surface area (Å²) in [6.07, 6.45) is 0.847. The van der Waals surface area contributed by atoms with E-state index in [0.717, 1.165) is 23.4 Å². The summed E-state index contributed by atoms with van der Waals surface area (Å²) >= 11 is 0. The Bertz CT molecular complexity index is 1230. The molecule has 6 heteroatoms. The number of carbonyl (C=O) groups is 1. The summed E-state index contributed by atoms with van der Waals surface area (Å²) in [6, 6.07) is 25.3. The zero-order chi connectivity index (χ0) is 21.6. The molecule has 0 unspecified atom stereocenters. The first kappa shape index (κ1) is 20.5. The Morgan fingerprint density at radius 3 is 2.52 bits per heavy atom. The van der Waals surface area contributed by atoms with Crippen molar-refractivity contribution in [2.45, 2.75) is 25.9 Å². The number of rotatable bonds is 8. The molecule has 0 saturated carbocycles. The van der Waals surface area contributed by atoms with Gasteiger partial charge in [-0.1, -0.05) is 54.6 Å². The second-order valence-corrected chi connectivity index (χ2v) is 7.50. The Morgan fingerprint density at radius 2 is 1.68 bits per heavy atom. The number of para-hydroxylation sites is 4. The van der Waals surface area contributed by atoms with Crippen LogP contribution in [0, 0.1) is 0 Å². The zero-order valence-corrected chi connectivity index (χ0v) is 17.5. The van der Waals surface area contributed by atoms with Gasteiger partial charge in [0, 0.05) is 26.6 Å². The fourth-order valence-corrected chi connectivity index (χ4v) is 3.69. The van der Waals surface area contributed by atoms with E-state index in [2.05, 4.69) is 22.3 Å². The molecule has 1 N–H and O–H groups in total. The molecule has 0 spiro atoms.